The molecule has 0 saturated heterocycles. The summed E-state index contributed by atoms with van der Waals surface area (Å²) in [7, 11) is -3.63. The Balaban J connectivity index is 1.93. The first-order valence-electron chi connectivity index (χ1n) is 9.43. The summed E-state index contributed by atoms with van der Waals surface area (Å²) in [5, 5.41) is 3.23. The van der Waals surface area contributed by atoms with Gasteiger partial charge in [-0.25, -0.2) is 8.42 Å². The minimum Gasteiger partial charge on any atom is -0.494 e. The summed E-state index contributed by atoms with van der Waals surface area (Å²) >= 11 is 6.11. The van der Waals surface area contributed by atoms with Gasteiger partial charge in [-0.05, 0) is 56.0 Å². The number of aryl methyl sites for hydroxylation is 2. The first-order chi connectivity index (χ1) is 13.7. The van der Waals surface area contributed by atoms with Crippen molar-refractivity contribution in [2.75, 3.05) is 30.3 Å². The van der Waals surface area contributed by atoms with Crippen molar-refractivity contribution in [1.82, 2.24) is 5.32 Å². The fraction of sp³-hybridized carbons (Fsp3) is 0.381. The molecule has 0 aliphatic carbocycles. The second kappa shape index (κ2) is 10.5. The molecule has 2 aromatic carbocycles. The lowest BCUT2D eigenvalue weighted by Gasteiger charge is -2.22. The second-order valence-corrected chi connectivity index (χ2v) is 9.01. The molecule has 0 bridgehead atoms. The Labute approximate surface area is 177 Å². The molecule has 2 rings (SSSR count). The third-order valence-electron chi connectivity index (χ3n) is 4.35. The third-order valence-corrected chi connectivity index (χ3v) is 5.90. The quantitative estimate of drug-likeness (QED) is 0.575. The number of amides is 1. The number of benzene rings is 2. The summed E-state index contributed by atoms with van der Waals surface area (Å²) in [6.07, 6.45) is 2.53. The molecule has 0 radical (unpaired) electrons. The van der Waals surface area contributed by atoms with Crippen LogP contribution in [-0.2, 0) is 21.2 Å². The van der Waals surface area contributed by atoms with Crippen molar-refractivity contribution in [3.8, 4) is 5.75 Å². The van der Waals surface area contributed by atoms with Gasteiger partial charge in [0, 0.05) is 11.6 Å². The number of hydrogen-bond donors (Lipinski definition) is 1. The molecule has 1 amide bonds. The van der Waals surface area contributed by atoms with Crippen molar-refractivity contribution in [2.45, 2.75) is 26.7 Å². The molecule has 0 heterocycles. The highest BCUT2D eigenvalue weighted by Crippen LogP contribution is 2.24. The number of anilines is 1. The van der Waals surface area contributed by atoms with Gasteiger partial charge in [-0.2, -0.15) is 0 Å². The predicted octanol–water partition coefficient (Wildman–Crippen LogP) is 3.56. The van der Waals surface area contributed by atoms with E-state index in [-0.39, 0.29) is 12.5 Å². The van der Waals surface area contributed by atoms with E-state index in [9.17, 15) is 13.2 Å². The zero-order chi connectivity index (χ0) is 21.4. The highest BCUT2D eigenvalue weighted by atomic mass is 35.5. The van der Waals surface area contributed by atoms with Crippen LogP contribution in [0.15, 0.2) is 42.5 Å². The van der Waals surface area contributed by atoms with E-state index in [2.05, 4.69) is 5.32 Å². The molecule has 0 spiro atoms. The molecule has 0 atom stereocenters. The number of rotatable bonds is 10. The van der Waals surface area contributed by atoms with Crippen LogP contribution in [-0.4, -0.2) is 40.3 Å². The lowest BCUT2D eigenvalue weighted by Crippen LogP contribution is -2.40. The van der Waals surface area contributed by atoms with Crippen molar-refractivity contribution in [2.24, 2.45) is 0 Å². The average molecular weight is 439 g/mol. The van der Waals surface area contributed by atoms with Crippen molar-refractivity contribution in [3.05, 3.63) is 58.6 Å². The maximum Gasteiger partial charge on any atom is 0.240 e. The van der Waals surface area contributed by atoms with Crippen LogP contribution in [0.25, 0.3) is 0 Å². The van der Waals surface area contributed by atoms with Crippen molar-refractivity contribution < 1.29 is 17.9 Å². The van der Waals surface area contributed by atoms with Gasteiger partial charge in [0.2, 0.25) is 15.9 Å². The van der Waals surface area contributed by atoms with Gasteiger partial charge in [-0.15, -0.1) is 0 Å². The first kappa shape index (κ1) is 23.0. The topological polar surface area (TPSA) is 75.7 Å². The Morgan fingerprint density at radius 2 is 1.93 bits per heavy atom. The van der Waals surface area contributed by atoms with E-state index < -0.39 is 10.0 Å². The maximum atomic E-state index is 12.3. The van der Waals surface area contributed by atoms with Crippen LogP contribution in [0.5, 0.6) is 5.75 Å². The van der Waals surface area contributed by atoms with Crippen molar-refractivity contribution >= 4 is 33.2 Å². The predicted molar refractivity (Wildman–Crippen MR) is 117 cm³/mol. The number of para-hydroxylation sites is 1. The number of hydrogen-bond acceptors (Lipinski definition) is 4. The SMILES string of the molecule is CCOc1ccccc1CCCNC(=O)CN(c1ccc(C)c(Cl)c1)S(C)(=O)=O. The van der Waals surface area contributed by atoms with Crippen LogP contribution in [0.4, 0.5) is 5.69 Å². The number of halogens is 1. The molecule has 8 heteroatoms. The van der Waals surface area contributed by atoms with Gasteiger partial charge in [-0.1, -0.05) is 35.9 Å². The summed E-state index contributed by atoms with van der Waals surface area (Å²) in [4.78, 5) is 12.3. The minimum atomic E-state index is -3.63. The highest BCUT2D eigenvalue weighted by molar-refractivity contribution is 7.92. The lowest BCUT2D eigenvalue weighted by atomic mass is 10.1. The Kier molecular flexibility index (Phi) is 8.34. The largest absolute Gasteiger partial charge is 0.494 e. The number of nitrogens with zero attached hydrogens (tertiary/aromatic N) is 1. The summed E-state index contributed by atoms with van der Waals surface area (Å²) in [6.45, 7) is 4.50. The van der Waals surface area contributed by atoms with E-state index in [1.807, 2.05) is 38.1 Å². The zero-order valence-electron chi connectivity index (χ0n) is 16.9. The molecule has 1 N–H and O–H groups in total. The van der Waals surface area contributed by atoms with Crippen molar-refractivity contribution in [3.63, 3.8) is 0 Å². The van der Waals surface area contributed by atoms with E-state index >= 15 is 0 Å². The Morgan fingerprint density at radius 1 is 1.21 bits per heavy atom. The molecular weight excluding hydrogens is 412 g/mol. The van der Waals surface area contributed by atoms with Crippen LogP contribution in [0.3, 0.4) is 0 Å². The number of carbonyl (C=O) groups excluding carboxylic acids is 1. The highest BCUT2D eigenvalue weighted by Gasteiger charge is 2.21. The van der Waals surface area contributed by atoms with Gasteiger partial charge in [0.25, 0.3) is 0 Å². The molecule has 0 aliphatic rings. The standard InChI is InChI=1S/C21H27ClN2O4S/c1-4-28-20-10-6-5-8-17(20)9-7-13-23-21(25)15-24(29(3,26)27)18-12-11-16(2)19(22)14-18/h5-6,8,10-12,14H,4,7,9,13,15H2,1-3H3,(H,23,25). The zero-order valence-corrected chi connectivity index (χ0v) is 18.5. The monoisotopic (exact) mass is 438 g/mol. The maximum absolute atomic E-state index is 12.3. The van der Waals surface area contributed by atoms with E-state index in [0.29, 0.717) is 30.3 Å². The molecule has 0 unspecified atom stereocenters. The van der Waals surface area contributed by atoms with Gasteiger partial charge in [0.15, 0.2) is 0 Å². The van der Waals surface area contributed by atoms with Gasteiger partial charge in [0.1, 0.15) is 12.3 Å². The fourth-order valence-electron chi connectivity index (χ4n) is 2.84. The molecule has 2 aromatic rings. The van der Waals surface area contributed by atoms with E-state index in [4.69, 9.17) is 16.3 Å². The first-order valence-corrected chi connectivity index (χ1v) is 11.7. The molecule has 0 fully saturated rings. The molecule has 6 nitrogen and oxygen atoms in total. The van der Waals surface area contributed by atoms with Gasteiger partial charge in [-0.3, -0.25) is 9.10 Å². The van der Waals surface area contributed by atoms with Gasteiger partial charge in [0.05, 0.1) is 18.6 Å². The van der Waals surface area contributed by atoms with Gasteiger partial charge >= 0.3 is 0 Å². The smallest absolute Gasteiger partial charge is 0.240 e. The fourth-order valence-corrected chi connectivity index (χ4v) is 3.86. The van der Waals surface area contributed by atoms with Crippen LogP contribution in [0, 0.1) is 6.92 Å². The Bertz CT molecular complexity index is 947. The van der Waals surface area contributed by atoms with Crippen molar-refractivity contribution in [1.29, 1.82) is 0 Å². The minimum absolute atomic E-state index is 0.298. The summed E-state index contributed by atoms with van der Waals surface area (Å²) in [6, 6.07) is 12.7. The summed E-state index contributed by atoms with van der Waals surface area (Å²) in [5.74, 6) is 0.478. The summed E-state index contributed by atoms with van der Waals surface area (Å²) in [5.41, 5.74) is 2.28. The normalized spacial score (nSPS) is 11.2. The van der Waals surface area contributed by atoms with E-state index in [0.717, 1.165) is 33.9 Å². The van der Waals surface area contributed by atoms with Crippen LogP contribution < -0.4 is 14.4 Å². The number of sulfonamides is 1. The Hall–Kier alpha value is -2.25. The number of carbonyl (C=O) groups is 1. The molecular formula is C21H27ClN2O4S. The second-order valence-electron chi connectivity index (χ2n) is 6.70. The molecule has 0 aromatic heterocycles. The number of nitrogens with one attached hydrogen (secondary N) is 1. The van der Waals surface area contributed by atoms with Gasteiger partial charge < -0.3 is 10.1 Å². The van der Waals surface area contributed by atoms with E-state index in [1.54, 1.807) is 18.2 Å². The molecule has 29 heavy (non-hydrogen) atoms. The summed E-state index contributed by atoms with van der Waals surface area (Å²) < 4.78 is 31.0. The molecule has 0 aliphatic heterocycles. The number of ether oxygens (including phenoxy) is 1. The van der Waals surface area contributed by atoms with Crippen LogP contribution >= 0.6 is 11.6 Å². The van der Waals surface area contributed by atoms with Crippen LogP contribution in [0.1, 0.15) is 24.5 Å². The van der Waals surface area contributed by atoms with E-state index in [1.165, 1.54) is 0 Å². The molecule has 0 saturated carbocycles. The third kappa shape index (κ3) is 6.94. The van der Waals surface area contributed by atoms with Crippen LogP contribution in [0.2, 0.25) is 5.02 Å². The molecule has 158 valence electrons. The average Bonchev–Trinajstić information content (AvgIpc) is 2.66. The Morgan fingerprint density at radius 3 is 2.59 bits per heavy atom. The lowest BCUT2D eigenvalue weighted by molar-refractivity contribution is -0.119.